The Kier molecular flexibility index (Phi) is 4.90. The molecule has 0 bridgehead atoms. The number of sulfone groups is 1. The van der Waals surface area contributed by atoms with Crippen LogP contribution in [0.3, 0.4) is 0 Å². The predicted molar refractivity (Wildman–Crippen MR) is 80.1 cm³/mol. The topological polar surface area (TPSA) is 47.0 Å². The summed E-state index contributed by atoms with van der Waals surface area (Å²) >= 11 is 0. The molecule has 0 N–H and O–H groups in total. The summed E-state index contributed by atoms with van der Waals surface area (Å²) < 4.78 is 24.2. The Labute approximate surface area is 120 Å². The number of hydrogen-bond acceptors (Lipinski definition) is 3. The highest BCUT2D eigenvalue weighted by Gasteiger charge is 2.13. The van der Waals surface area contributed by atoms with Crippen LogP contribution in [0.15, 0.2) is 53.6 Å². The fourth-order valence-electron chi connectivity index (χ4n) is 1.87. The van der Waals surface area contributed by atoms with Crippen LogP contribution in [-0.2, 0) is 16.3 Å². The minimum Gasteiger partial charge on any atom is -0.261 e. The molecule has 0 spiro atoms. The molecule has 0 saturated carbocycles. The van der Waals surface area contributed by atoms with E-state index in [1.165, 1.54) is 0 Å². The monoisotopic (exact) mass is 288 g/mol. The Balaban J connectivity index is 1.85. The number of hydrogen-bond donors (Lipinski definition) is 0. The summed E-state index contributed by atoms with van der Waals surface area (Å²) in [5.41, 5.74) is 2.02. The van der Waals surface area contributed by atoms with Crippen molar-refractivity contribution in [2.45, 2.75) is 24.7 Å². The van der Waals surface area contributed by atoms with Crippen LogP contribution < -0.4 is 0 Å². The van der Waals surface area contributed by atoms with Gasteiger partial charge in [-0.3, -0.25) is 4.98 Å². The Morgan fingerprint density at radius 3 is 2.50 bits per heavy atom. The third-order valence-corrected chi connectivity index (χ3v) is 4.81. The molecule has 0 amide bonds. The summed E-state index contributed by atoms with van der Waals surface area (Å²) in [4.78, 5) is 4.60. The fraction of sp³-hybridized carbons (Fsp3) is 0.250. The number of unbranched alkanes of at least 4 members (excludes halogenated alkanes) is 1. The molecule has 0 saturated heterocycles. The third kappa shape index (κ3) is 4.17. The molecule has 0 unspecified atom stereocenters. The van der Waals surface area contributed by atoms with Gasteiger partial charge in [0.1, 0.15) is 0 Å². The standard InChI is InChI=1S/C16H18NO2S/c1-14-8-10-16(11-9-14)20(18,19)13-5-3-7-15-6-2-4-12-17-15/h2-4,6,8-12H,5,7,13H2,1H3. The Morgan fingerprint density at radius 1 is 1.10 bits per heavy atom. The molecule has 105 valence electrons. The zero-order valence-corrected chi connectivity index (χ0v) is 12.3. The van der Waals surface area contributed by atoms with Gasteiger partial charge >= 0.3 is 0 Å². The van der Waals surface area contributed by atoms with E-state index in [1.807, 2.05) is 43.7 Å². The summed E-state index contributed by atoms with van der Waals surface area (Å²) in [5.74, 6) is 0.142. The van der Waals surface area contributed by atoms with Crippen molar-refractivity contribution in [3.05, 3.63) is 66.3 Å². The Bertz CT molecular complexity index is 634. The molecule has 0 aliphatic heterocycles. The molecule has 20 heavy (non-hydrogen) atoms. The minimum atomic E-state index is -3.18. The highest BCUT2D eigenvalue weighted by Crippen LogP contribution is 2.14. The molecule has 2 rings (SSSR count). The van der Waals surface area contributed by atoms with Crippen molar-refractivity contribution in [2.24, 2.45) is 0 Å². The van der Waals surface area contributed by atoms with Gasteiger partial charge in [-0.1, -0.05) is 23.8 Å². The van der Waals surface area contributed by atoms with Gasteiger partial charge in [0.25, 0.3) is 0 Å². The number of nitrogens with zero attached hydrogens (tertiary/aromatic N) is 1. The number of benzene rings is 1. The average molecular weight is 288 g/mol. The normalized spacial score (nSPS) is 11.4. The zero-order chi connectivity index (χ0) is 14.4. The first kappa shape index (κ1) is 14.7. The fourth-order valence-corrected chi connectivity index (χ4v) is 3.13. The van der Waals surface area contributed by atoms with Crippen molar-refractivity contribution in [2.75, 3.05) is 5.75 Å². The molecule has 3 nitrogen and oxygen atoms in total. The van der Waals surface area contributed by atoms with Crippen LogP contribution in [0, 0.1) is 13.3 Å². The molecule has 1 aromatic heterocycles. The predicted octanol–water partition coefficient (Wildman–Crippen LogP) is 3.00. The lowest BCUT2D eigenvalue weighted by Crippen LogP contribution is -2.07. The molecule has 2 aromatic rings. The van der Waals surface area contributed by atoms with E-state index in [1.54, 1.807) is 18.3 Å². The van der Waals surface area contributed by atoms with Gasteiger partial charge in [-0.2, -0.15) is 0 Å². The molecule has 0 fully saturated rings. The number of pyridine rings is 1. The first-order chi connectivity index (χ1) is 9.58. The van der Waals surface area contributed by atoms with Crippen LogP contribution in [0.5, 0.6) is 0 Å². The lowest BCUT2D eigenvalue weighted by atomic mass is 10.2. The Morgan fingerprint density at radius 2 is 1.85 bits per heavy atom. The summed E-state index contributed by atoms with van der Waals surface area (Å²) in [7, 11) is -3.18. The molecule has 1 heterocycles. The zero-order valence-electron chi connectivity index (χ0n) is 11.5. The second kappa shape index (κ2) is 6.66. The molecule has 0 aliphatic carbocycles. The largest absolute Gasteiger partial charge is 0.261 e. The maximum Gasteiger partial charge on any atom is 0.178 e. The van der Waals surface area contributed by atoms with Gasteiger partial charge in [-0.15, -0.1) is 0 Å². The van der Waals surface area contributed by atoms with Gasteiger partial charge in [0.05, 0.1) is 10.6 Å². The second-order valence-corrected chi connectivity index (χ2v) is 6.84. The van der Waals surface area contributed by atoms with Crippen molar-refractivity contribution >= 4 is 9.84 Å². The van der Waals surface area contributed by atoms with Gasteiger partial charge < -0.3 is 0 Å². The molecule has 0 atom stereocenters. The summed E-state index contributed by atoms with van der Waals surface area (Å²) in [5, 5.41) is 0. The van der Waals surface area contributed by atoms with E-state index in [-0.39, 0.29) is 5.75 Å². The van der Waals surface area contributed by atoms with Crippen molar-refractivity contribution in [3.63, 3.8) is 0 Å². The number of rotatable bonds is 6. The van der Waals surface area contributed by atoms with Gasteiger partial charge in [-0.25, -0.2) is 8.42 Å². The molecule has 0 aliphatic rings. The van der Waals surface area contributed by atoms with Crippen LogP contribution in [-0.4, -0.2) is 19.2 Å². The summed E-state index contributed by atoms with van der Waals surface area (Å²) in [6, 6.07) is 12.7. The van der Waals surface area contributed by atoms with E-state index in [0.717, 1.165) is 11.3 Å². The van der Waals surface area contributed by atoms with Crippen molar-refractivity contribution in [3.8, 4) is 0 Å². The van der Waals surface area contributed by atoms with Gasteiger partial charge in [0, 0.05) is 11.9 Å². The summed E-state index contributed by atoms with van der Waals surface area (Å²) in [6.07, 6.45) is 4.94. The van der Waals surface area contributed by atoms with E-state index in [0.29, 0.717) is 17.7 Å². The van der Waals surface area contributed by atoms with Crippen LogP contribution in [0.1, 0.15) is 17.7 Å². The smallest absolute Gasteiger partial charge is 0.178 e. The van der Waals surface area contributed by atoms with Crippen molar-refractivity contribution in [1.29, 1.82) is 0 Å². The van der Waals surface area contributed by atoms with Gasteiger partial charge in [-0.05, 0) is 50.5 Å². The number of aryl methyl sites for hydroxylation is 1. The third-order valence-electron chi connectivity index (χ3n) is 3.05. The van der Waals surface area contributed by atoms with E-state index in [4.69, 9.17) is 0 Å². The molecular weight excluding hydrogens is 270 g/mol. The summed E-state index contributed by atoms with van der Waals surface area (Å²) in [6.45, 7) is 1.94. The van der Waals surface area contributed by atoms with Gasteiger partial charge in [0.2, 0.25) is 0 Å². The van der Waals surface area contributed by atoms with Crippen molar-refractivity contribution in [1.82, 2.24) is 4.98 Å². The maximum atomic E-state index is 12.1. The molecule has 1 radical (unpaired) electrons. The molecule has 4 heteroatoms. The van der Waals surface area contributed by atoms with Crippen LogP contribution >= 0.6 is 0 Å². The van der Waals surface area contributed by atoms with E-state index in [9.17, 15) is 8.42 Å². The van der Waals surface area contributed by atoms with Crippen LogP contribution in [0.25, 0.3) is 0 Å². The SMILES string of the molecule is Cc1ccc(S(=O)(=O)CC[CH]Cc2ccccn2)cc1. The first-order valence-electron chi connectivity index (χ1n) is 6.59. The lowest BCUT2D eigenvalue weighted by Gasteiger charge is -2.05. The van der Waals surface area contributed by atoms with Crippen LogP contribution in [0.4, 0.5) is 0 Å². The van der Waals surface area contributed by atoms with Crippen LogP contribution in [0.2, 0.25) is 0 Å². The quantitative estimate of drug-likeness (QED) is 0.768. The highest BCUT2D eigenvalue weighted by molar-refractivity contribution is 7.91. The highest BCUT2D eigenvalue weighted by atomic mass is 32.2. The first-order valence-corrected chi connectivity index (χ1v) is 8.24. The molecule has 1 aromatic carbocycles. The van der Waals surface area contributed by atoms with Crippen molar-refractivity contribution < 1.29 is 8.42 Å². The van der Waals surface area contributed by atoms with E-state index in [2.05, 4.69) is 4.98 Å². The number of aromatic nitrogens is 1. The lowest BCUT2D eigenvalue weighted by molar-refractivity contribution is 0.594. The van der Waals surface area contributed by atoms with E-state index < -0.39 is 9.84 Å². The minimum absolute atomic E-state index is 0.142. The van der Waals surface area contributed by atoms with Gasteiger partial charge in [0.15, 0.2) is 9.84 Å². The Hall–Kier alpha value is -1.68. The molecular formula is C16H18NO2S. The second-order valence-electron chi connectivity index (χ2n) is 4.73. The average Bonchev–Trinajstić information content (AvgIpc) is 2.45. The van der Waals surface area contributed by atoms with E-state index >= 15 is 0 Å². The maximum absolute atomic E-state index is 12.1.